The van der Waals surface area contributed by atoms with Crippen LogP contribution in [0.25, 0.3) is 11.4 Å². The van der Waals surface area contributed by atoms with E-state index in [1.54, 1.807) is 0 Å². The van der Waals surface area contributed by atoms with Crippen LogP contribution in [0, 0.1) is 0 Å². The van der Waals surface area contributed by atoms with Gasteiger partial charge in [-0.15, -0.1) is 16.8 Å². The lowest BCUT2D eigenvalue weighted by molar-refractivity contribution is -0.129. The molecule has 0 unspecified atom stereocenters. The number of thioether (sulfide) groups is 1. The Morgan fingerprint density at radius 2 is 2.00 bits per heavy atom. The fourth-order valence-electron chi connectivity index (χ4n) is 3.43. The van der Waals surface area contributed by atoms with Gasteiger partial charge in [0.1, 0.15) is 0 Å². The van der Waals surface area contributed by atoms with Crippen molar-refractivity contribution in [2.24, 2.45) is 0 Å². The number of allylic oxidation sites excluding steroid dienone is 1. The third-order valence-corrected chi connectivity index (χ3v) is 5.99. The van der Waals surface area contributed by atoms with Crippen molar-refractivity contribution in [3.63, 3.8) is 0 Å². The van der Waals surface area contributed by atoms with E-state index in [4.69, 9.17) is 5.73 Å². The Kier molecular flexibility index (Phi) is 6.55. The molecule has 1 fully saturated rings. The van der Waals surface area contributed by atoms with Crippen molar-refractivity contribution in [2.45, 2.75) is 49.8 Å². The Hall–Kier alpha value is -2.28. The summed E-state index contributed by atoms with van der Waals surface area (Å²) in [6, 6.07) is 7.92. The van der Waals surface area contributed by atoms with Gasteiger partial charge in [0.25, 0.3) is 0 Å². The number of nitrogen functional groups attached to an aromatic ring is 1. The minimum atomic E-state index is 0.147. The number of carbonyl (C=O) groups is 1. The lowest BCUT2D eigenvalue weighted by Crippen LogP contribution is -2.39. The fourth-order valence-corrected chi connectivity index (χ4v) is 4.31. The van der Waals surface area contributed by atoms with Gasteiger partial charge in [-0.25, -0.2) is 0 Å². The summed E-state index contributed by atoms with van der Waals surface area (Å²) in [5.74, 6) is 1.27. The van der Waals surface area contributed by atoms with Crippen LogP contribution < -0.4 is 5.73 Å². The van der Waals surface area contributed by atoms with Crippen LogP contribution in [0.2, 0.25) is 0 Å². The van der Waals surface area contributed by atoms with Crippen LogP contribution in [0.15, 0.2) is 42.1 Å². The number of hydrogen-bond acceptors (Lipinski definition) is 5. The van der Waals surface area contributed by atoms with Crippen molar-refractivity contribution in [1.82, 2.24) is 19.7 Å². The van der Waals surface area contributed by atoms with Crippen LogP contribution in [-0.2, 0) is 11.3 Å². The van der Waals surface area contributed by atoms with Crippen LogP contribution >= 0.6 is 11.8 Å². The number of nitrogens with zero attached hydrogens (tertiary/aromatic N) is 4. The lowest BCUT2D eigenvalue weighted by atomic mass is 9.94. The van der Waals surface area contributed by atoms with Gasteiger partial charge in [0, 0.05) is 30.9 Å². The zero-order chi connectivity index (χ0) is 19.2. The van der Waals surface area contributed by atoms with Gasteiger partial charge < -0.3 is 10.6 Å². The van der Waals surface area contributed by atoms with Gasteiger partial charge in [-0.3, -0.25) is 9.36 Å². The van der Waals surface area contributed by atoms with Gasteiger partial charge in [-0.05, 0) is 37.1 Å². The minimum Gasteiger partial charge on any atom is -0.399 e. The molecule has 0 aliphatic heterocycles. The van der Waals surface area contributed by atoms with Crippen LogP contribution in [0.3, 0.4) is 0 Å². The zero-order valence-corrected chi connectivity index (χ0v) is 16.6. The molecule has 0 atom stereocenters. The first-order chi connectivity index (χ1) is 13.1. The molecule has 1 heterocycles. The molecule has 1 aliphatic carbocycles. The van der Waals surface area contributed by atoms with Crippen molar-refractivity contribution in [3.05, 3.63) is 36.9 Å². The van der Waals surface area contributed by atoms with Gasteiger partial charge in [-0.2, -0.15) is 0 Å². The predicted octanol–water partition coefficient (Wildman–Crippen LogP) is 3.60. The Balaban J connectivity index is 1.70. The highest BCUT2D eigenvalue weighted by atomic mass is 32.2. The molecule has 1 aromatic carbocycles. The van der Waals surface area contributed by atoms with E-state index in [0.717, 1.165) is 29.4 Å². The number of benzene rings is 1. The second-order valence-electron chi connectivity index (χ2n) is 6.91. The smallest absolute Gasteiger partial charge is 0.233 e. The molecule has 0 spiro atoms. The molecule has 7 heteroatoms. The molecule has 6 nitrogen and oxygen atoms in total. The maximum absolute atomic E-state index is 12.6. The molecule has 1 aliphatic rings. The first kappa shape index (κ1) is 19.5. The van der Waals surface area contributed by atoms with E-state index in [0.29, 0.717) is 24.0 Å². The molecule has 144 valence electrons. The van der Waals surface area contributed by atoms with Crippen LogP contribution in [-0.4, -0.2) is 44.4 Å². The van der Waals surface area contributed by atoms with Crippen molar-refractivity contribution in [1.29, 1.82) is 0 Å². The number of hydrogen-bond donors (Lipinski definition) is 1. The molecule has 0 bridgehead atoms. The molecule has 1 saturated carbocycles. The highest BCUT2D eigenvalue weighted by molar-refractivity contribution is 7.99. The largest absolute Gasteiger partial charge is 0.399 e. The number of rotatable bonds is 7. The molecular formula is C20H27N5OS. The van der Waals surface area contributed by atoms with Crippen molar-refractivity contribution >= 4 is 23.4 Å². The molecule has 0 radical (unpaired) electrons. The zero-order valence-electron chi connectivity index (χ0n) is 15.8. The summed E-state index contributed by atoms with van der Waals surface area (Å²) in [6.45, 7) is 4.41. The summed E-state index contributed by atoms with van der Waals surface area (Å²) in [4.78, 5) is 14.5. The number of anilines is 1. The normalized spacial score (nSPS) is 14.9. The third-order valence-electron chi connectivity index (χ3n) is 5.04. The predicted molar refractivity (Wildman–Crippen MR) is 110 cm³/mol. The third kappa shape index (κ3) is 4.71. The van der Waals surface area contributed by atoms with E-state index >= 15 is 0 Å². The molecule has 2 N–H and O–H groups in total. The quantitative estimate of drug-likeness (QED) is 0.448. The van der Waals surface area contributed by atoms with E-state index in [-0.39, 0.29) is 5.91 Å². The van der Waals surface area contributed by atoms with Crippen LogP contribution in [0.4, 0.5) is 5.69 Å². The Bertz CT molecular complexity index is 780. The first-order valence-electron chi connectivity index (χ1n) is 9.38. The lowest BCUT2D eigenvalue weighted by Gasteiger charge is -2.31. The Labute approximate surface area is 164 Å². The van der Waals surface area contributed by atoms with Crippen molar-refractivity contribution in [2.75, 3.05) is 18.5 Å². The van der Waals surface area contributed by atoms with E-state index in [1.165, 1.54) is 31.0 Å². The molecule has 27 heavy (non-hydrogen) atoms. The minimum absolute atomic E-state index is 0.147. The highest BCUT2D eigenvalue weighted by Crippen LogP contribution is 2.26. The molecule has 1 aromatic heterocycles. The number of aromatic nitrogens is 3. The topological polar surface area (TPSA) is 77.0 Å². The van der Waals surface area contributed by atoms with Gasteiger partial charge in [0.15, 0.2) is 11.0 Å². The van der Waals surface area contributed by atoms with Gasteiger partial charge in [0.05, 0.1) is 5.75 Å². The van der Waals surface area contributed by atoms with Crippen LogP contribution in [0.1, 0.15) is 32.1 Å². The number of nitrogens with two attached hydrogens (primary N) is 1. The molecule has 2 aromatic rings. The summed E-state index contributed by atoms with van der Waals surface area (Å²) in [7, 11) is 1.92. The Morgan fingerprint density at radius 3 is 2.67 bits per heavy atom. The van der Waals surface area contributed by atoms with E-state index in [9.17, 15) is 4.79 Å². The maximum Gasteiger partial charge on any atom is 0.233 e. The molecular weight excluding hydrogens is 358 g/mol. The summed E-state index contributed by atoms with van der Waals surface area (Å²) >= 11 is 1.43. The van der Waals surface area contributed by atoms with Gasteiger partial charge in [-0.1, -0.05) is 37.1 Å². The first-order valence-corrected chi connectivity index (χ1v) is 10.4. The number of amides is 1. The molecule has 0 saturated heterocycles. The SMILES string of the molecule is C=CCn1c(SCC(=O)N(C)C2CCCCC2)nnc1-c1ccc(N)cc1. The summed E-state index contributed by atoms with van der Waals surface area (Å²) in [5, 5.41) is 9.36. The molecule has 1 amide bonds. The fraction of sp³-hybridized carbons (Fsp3) is 0.450. The van der Waals surface area contributed by atoms with E-state index in [2.05, 4.69) is 16.8 Å². The van der Waals surface area contributed by atoms with E-state index in [1.807, 2.05) is 46.9 Å². The standard InChI is InChI=1S/C20H27N5OS/c1-3-13-25-19(15-9-11-16(21)12-10-15)22-23-20(25)27-14-18(26)24(2)17-7-5-4-6-8-17/h3,9-12,17H,1,4-8,13-14,21H2,2H3. The summed E-state index contributed by atoms with van der Waals surface area (Å²) in [5.41, 5.74) is 7.42. The van der Waals surface area contributed by atoms with Crippen LogP contribution in [0.5, 0.6) is 0 Å². The summed E-state index contributed by atoms with van der Waals surface area (Å²) < 4.78 is 1.98. The highest BCUT2D eigenvalue weighted by Gasteiger charge is 2.23. The molecule has 3 rings (SSSR count). The van der Waals surface area contributed by atoms with Gasteiger partial charge in [0.2, 0.25) is 5.91 Å². The summed E-state index contributed by atoms with van der Waals surface area (Å²) in [6.07, 6.45) is 7.75. The van der Waals surface area contributed by atoms with Crippen molar-refractivity contribution < 1.29 is 4.79 Å². The van der Waals surface area contributed by atoms with Gasteiger partial charge >= 0.3 is 0 Å². The van der Waals surface area contributed by atoms with Crippen molar-refractivity contribution in [3.8, 4) is 11.4 Å². The second kappa shape index (κ2) is 9.08. The average Bonchev–Trinajstić information content (AvgIpc) is 3.09. The Morgan fingerprint density at radius 1 is 1.30 bits per heavy atom. The maximum atomic E-state index is 12.6. The number of carbonyl (C=O) groups excluding carboxylic acids is 1. The van der Waals surface area contributed by atoms with E-state index < -0.39 is 0 Å². The average molecular weight is 386 g/mol. The monoisotopic (exact) mass is 385 g/mol. The second-order valence-corrected chi connectivity index (χ2v) is 7.86.